The Morgan fingerprint density at radius 2 is 2.00 bits per heavy atom. The molecular weight excluding hydrogens is 239 g/mol. The standard InChI is InChI=1S/C13H15FO4/c1-13(15,12(16-2)17-3)10-7-8-5-4-6-9(14)11(8)18-10/h4-7,12,15H,1-3H3. The van der Waals surface area contributed by atoms with Gasteiger partial charge in [-0.2, -0.15) is 0 Å². The van der Waals surface area contributed by atoms with Gasteiger partial charge in [0.25, 0.3) is 0 Å². The number of benzene rings is 1. The number of furan rings is 1. The van der Waals surface area contributed by atoms with Crippen LogP contribution in [-0.4, -0.2) is 25.6 Å². The van der Waals surface area contributed by atoms with Crippen LogP contribution in [0.5, 0.6) is 0 Å². The smallest absolute Gasteiger partial charge is 0.192 e. The molecule has 0 saturated carbocycles. The van der Waals surface area contributed by atoms with Crippen molar-refractivity contribution >= 4 is 11.0 Å². The average molecular weight is 254 g/mol. The van der Waals surface area contributed by atoms with Crippen molar-refractivity contribution in [2.24, 2.45) is 0 Å². The van der Waals surface area contributed by atoms with Gasteiger partial charge >= 0.3 is 0 Å². The fourth-order valence-corrected chi connectivity index (χ4v) is 1.95. The molecule has 1 N–H and O–H groups in total. The lowest BCUT2D eigenvalue weighted by Gasteiger charge is -2.28. The molecule has 5 heteroatoms. The van der Waals surface area contributed by atoms with Gasteiger partial charge < -0.3 is 19.0 Å². The minimum atomic E-state index is -1.50. The van der Waals surface area contributed by atoms with Gasteiger partial charge in [-0.05, 0) is 19.1 Å². The van der Waals surface area contributed by atoms with E-state index in [1.165, 1.54) is 27.2 Å². The molecule has 0 fully saturated rings. The summed E-state index contributed by atoms with van der Waals surface area (Å²) in [7, 11) is 2.82. The highest BCUT2D eigenvalue weighted by atomic mass is 19.1. The minimum Gasteiger partial charge on any atom is -0.455 e. The predicted octanol–water partition coefficient (Wildman–Crippen LogP) is 2.40. The van der Waals surface area contributed by atoms with Gasteiger partial charge in [0.1, 0.15) is 5.76 Å². The highest BCUT2D eigenvalue weighted by Gasteiger charge is 2.38. The second-order valence-corrected chi connectivity index (χ2v) is 4.22. The van der Waals surface area contributed by atoms with Crippen molar-refractivity contribution in [1.29, 1.82) is 0 Å². The maximum absolute atomic E-state index is 13.5. The number of methoxy groups -OCH3 is 2. The summed E-state index contributed by atoms with van der Waals surface area (Å²) >= 11 is 0. The van der Waals surface area contributed by atoms with E-state index in [0.717, 1.165) is 0 Å². The maximum Gasteiger partial charge on any atom is 0.192 e. The fourth-order valence-electron chi connectivity index (χ4n) is 1.95. The highest BCUT2D eigenvalue weighted by Crippen LogP contribution is 2.32. The van der Waals surface area contributed by atoms with Crippen LogP contribution < -0.4 is 0 Å². The normalized spacial score (nSPS) is 15.2. The lowest BCUT2D eigenvalue weighted by Crippen LogP contribution is -2.38. The maximum atomic E-state index is 13.5. The van der Waals surface area contributed by atoms with Crippen LogP contribution in [0.25, 0.3) is 11.0 Å². The van der Waals surface area contributed by atoms with E-state index < -0.39 is 17.7 Å². The number of hydrogen-bond donors (Lipinski definition) is 1. The molecule has 2 aromatic rings. The van der Waals surface area contributed by atoms with Gasteiger partial charge in [-0.3, -0.25) is 0 Å². The Labute approximate surface area is 104 Å². The molecule has 1 unspecified atom stereocenters. The van der Waals surface area contributed by atoms with E-state index in [-0.39, 0.29) is 11.3 Å². The van der Waals surface area contributed by atoms with Crippen LogP contribution in [0.4, 0.5) is 4.39 Å². The van der Waals surface area contributed by atoms with Crippen molar-refractivity contribution in [3.63, 3.8) is 0 Å². The number of halogens is 1. The Kier molecular flexibility index (Phi) is 3.38. The quantitative estimate of drug-likeness (QED) is 0.851. The lowest BCUT2D eigenvalue weighted by atomic mass is 10.0. The molecule has 1 aromatic carbocycles. The third kappa shape index (κ3) is 2.01. The van der Waals surface area contributed by atoms with Gasteiger partial charge in [-0.15, -0.1) is 0 Å². The first-order chi connectivity index (χ1) is 8.50. The third-order valence-electron chi connectivity index (χ3n) is 2.88. The van der Waals surface area contributed by atoms with Crippen LogP contribution >= 0.6 is 0 Å². The van der Waals surface area contributed by atoms with Gasteiger partial charge in [-0.25, -0.2) is 4.39 Å². The van der Waals surface area contributed by atoms with Crippen molar-refractivity contribution < 1.29 is 23.4 Å². The van der Waals surface area contributed by atoms with Crippen LogP contribution in [0.3, 0.4) is 0 Å². The number of hydrogen-bond acceptors (Lipinski definition) is 4. The Balaban J connectivity index is 2.50. The molecule has 98 valence electrons. The van der Waals surface area contributed by atoms with E-state index in [1.807, 2.05) is 0 Å². The Bertz CT molecular complexity index is 543. The highest BCUT2D eigenvalue weighted by molar-refractivity contribution is 5.78. The van der Waals surface area contributed by atoms with Crippen molar-refractivity contribution in [2.45, 2.75) is 18.8 Å². The number of ether oxygens (including phenoxy) is 2. The van der Waals surface area contributed by atoms with Gasteiger partial charge in [0.15, 0.2) is 23.3 Å². The van der Waals surface area contributed by atoms with E-state index in [0.29, 0.717) is 5.39 Å². The summed E-state index contributed by atoms with van der Waals surface area (Å²) in [6, 6.07) is 6.16. The molecule has 0 radical (unpaired) electrons. The largest absolute Gasteiger partial charge is 0.455 e. The molecule has 1 heterocycles. The Hall–Kier alpha value is -1.43. The average Bonchev–Trinajstić information content (AvgIpc) is 2.76. The number of fused-ring (bicyclic) bond motifs is 1. The van der Waals surface area contributed by atoms with Gasteiger partial charge in [0, 0.05) is 19.6 Å². The predicted molar refractivity (Wildman–Crippen MR) is 63.5 cm³/mol. The zero-order chi connectivity index (χ0) is 13.3. The molecule has 1 aromatic heterocycles. The molecule has 4 nitrogen and oxygen atoms in total. The van der Waals surface area contributed by atoms with E-state index >= 15 is 0 Å². The lowest BCUT2D eigenvalue weighted by molar-refractivity contribution is -0.218. The van der Waals surface area contributed by atoms with Crippen molar-refractivity contribution in [3.8, 4) is 0 Å². The monoisotopic (exact) mass is 254 g/mol. The van der Waals surface area contributed by atoms with Crippen molar-refractivity contribution in [3.05, 3.63) is 35.8 Å². The Morgan fingerprint density at radius 3 is 2.56 bits per heavy atom. The van der Waals surface area contributed by atoms with Gasteiger partial charge in [-0.1, -0.05) is 12.1 Å². The van der Waals surface area contributed by atoms with Crippen LogP contribution in [-0.2, 0) is 15.1 Å². The zero-order valence-corrected chi connectivity index (χ0v) is 10.4. The first-order valence-corrected chi connectivity index (χ1v) is 5.47. The molecule has 0 saturated heterocycles. The third-order valence-corrected chi connectivity index (χ3v) is 2.88. The minimum absolute atomic E-state index is 0.110. The number of aliphatic hydroxyl groups is 1. The van der Waals surface area contributed by atoms with Crippen LogP contribution in [0.15, 0.2) is 28.7 Å². The van der Waals surface area contributed by atoms with E-state index in [4.69, 9.17) is 13.9 Å². The summed E-state index contributed by atoms with van der Waals surface area (Å²) in [5.74, 6) is -0.280. The van der Waals surface area contributed by atoms with Gasteiger partial charge in [0.05, 0.1) is 0 Å². The van der Waals surface area contributed by atoms with Crippen LogP contribution in [0.1, 0.15) is 12.7 Å². The topological polar surface area (TPSA) is 51.8 Å². The molecule has 2 rings (SSSR count). The first kappa shape index (κ1) is 13.0. The SMILES string of the molecule is COC(OC)C(C)(O)c1cc2cccc(F)c2o1. The molecular formula is C13H15FO4. The molecule has 0 aliphatic heterocycles. The van der Waals surface area contributed by atoms with Crippen molar-refractivity contribution in [2.75, 3.05) is 14.2 Å². The molecule has 0 aliphatic rings. The second-order valence-electron chi connectivity index (χ2n) is 4.22. The second kappa shape index (κ2) is 4.68. The fraction of sp³-hybridized carbons (Fsp3) is 0.385. The van der Waals surface area contributed by atoms with E-state index in [9.17, 15) is 9.50 Å². The summed E-state index contributed by atoms with van der Waals surface area (Å²) in [6.07, 6.45) is -0.902. The summed E-state index contributed by atoms with van der Waals surface area (Å²) in [5.41, 5.74) is -1.40. The number of para-hydroxylation sites is 1. The summed E-state index contributed by atoms with van der Waals surface area (Å²) in [4.78, 5) is 0. The molecule has 18 heavy (non-hydrogen) atoms. The van der Waals surface area contributed by atoms with Crippen molar-refractivity contribution in [1.82, 2.24) is 0 Å². The Morgan fingerprint density at radius 1 is 1.33 bits per heavy atom. The van der Waals surface area contributed by atoms with E-state index in [1.54, 1.807) is 18.2 Å². The first-order valence-electron chi connectivity index (χ1n) is 5.47. The molecule has 0 aliphatic carbocycles. The summed E-state index contributed by atoms with van der Waals surface area (Å²) in [5, 5.41) is 11.0. The van der Waals surface area contributed by atoms with Crippen LogP contribution in [0.2, 0.25) is 0 Å². The molecule has 0 amide bonds. The van der Waals surface area contributed by atoms with E-state index in [2.05, 4.69) is 0 Å². The summed E-state index contributed by atoms with van der Waals surface area (Å²) < 4.78 is 28.9. The molecule has 0 spiro atoms. The number of rotatable bonds is 4. The summed E-state index contributed by atoms with van der Waals surface area (Å²) in [6.45, 7) is 1.49. The van der Waals surface area contributed by atoms with Gasteiger partial charge in [0.2, 0.25) is 0 Å². The van der Waals surface area contributed by atoms with Crippen LogP contribution in [0, 0.1) is 5.82 Å². The zero-order valence-electron chi connectivity index (χ0n) is 10.4. The molecule has 0 bridgehead atoms. The molecule has 1 atom stereocenters.